The highest BCUT2D eigenvalue weighted by atomic mass is 35.5. The predicted molar refractivity (Wildman–Crippen MR) is 94.9 cm³/mol. The Morgan fingerprint density at radius 1 is 1.38 bits per heavy atom. The van der Waals surface area contributed by atoms with Crippen molar-refractivity contribution in [2.45, 2.75) is 19.4 Å². The summed E-state index contributed by atoms with van der Waals surface area (Å²) in [6.45, 7) is 2.50. The van der Waals surface area contributed by atoms with Crippen molar-refractivity contribution in [1.29, 1.82) is 0 Å². The molecule has 0 bridgehead atoms. The van der Waals surface area contributed by atoms with Crippen LogP contribution >= 0.6 is 11.6 Å². The summed E-state index contributed by atoms with van der Waals surface area (Å²) in [7, 11) is 0. The van der Waals surface area contributed by atoms with E-state index in [1.165, 1.54) is 6.08 Å². The van der Waals surface area contributed by atoms with Crippen molar-refractivity contribution in [2.24, 2.45) is 5.92 Å². The van der Waals surface area contributed by atoms with Gasteiger partial charge in [0.05, 0.1) is 11.9 Å². The standard InChI is InChI=1S/C18H20ClN3O2/c19-17-4-2-1-3-15(17)5-6-18(23)21-16-11-20-22(13-16)12-14-7-9-24-10-8-14/h1-6,11,13-14H,7-10,12H2,(H,21,23)/b6-5+. The minimum atomic E-state index is -0.208. The van der Waals surface area contributed by atoms with Crippen LogP contribution in [0.3, 0.4) is 0 Å². The van der Waals surface area contributed by atoms with Gasteiger partial charge in [0.1, 0.15) is 0 Å². The van der Waals surface area contributed by atoms with E-state index in [0.29, 0.717) is 16.6 Å². The number of aromatic nitrogens is 2. The molecule has 5 nitrogen and oxygen atoms in total. The molecule has 1 aliphatic rings. The van der Waals surface area contributed by atoms with E-state index in [0.717, 1.165) is 38.2 Å². The van der Waals surface area contributed by atoms with Gasteiger partial charge in [-0.3, -0.25) is 9.48 Å². The third-order valence-electron chi connectivity index (χ3n) is 4.01. The summed E-state index contributed by atoms with van der Waals surface area (Å²) in [5.74, 6) is 0.378. The molecule has 0 spiro atoms. The maximum Gasteiger partial charge on any atom is 0.248 e. The van der Waals surface area contributed by atoms with Crippen molar-refractivity contribution < 1.29 is 9.53 Å². The minimum absolute atomic E-state index is 0.208. The second-order valence-corrected chi connectivity index (χ2v) is 6.26. The molecule has 0 unspecified atom stereocenters. The Labute approximate surface area is 146 Å². The van der Waals surface area contributed by atoms with Crippen molar-refractivity contribution in [2.75, 3.05) is 18.5 Å². The van der Waals surface area contributed by atoms with E-state index < -0.39 is 0 Å². The highest BCUT2D eigenvalue weighted by Crippen LogP contribution is 2.18. The lowest BCUT2D eigenvalue weighted by Crippen LogP contribution is -2.20. The average Bonchev–Trinajstić information content (AvgIpc) is 3.02. The largest absolute Gasteiger partial charge is 0.381 e. The van der Waals surface area contributed by atoms with Crippen LogP contribution in [0.4, 0.5) is 5.69 Å². The first-order chi connectivity index (χ1) is 11.7. The fourth-order valence-electron chi connectivity index (χ4n) is 2.68. The van der Waals surface area contributed by atoms with Gasteiger partial charge in [-0.25, -0.2) is 0 Å². The summed E-state index contributed by atoms with van der Waals surface area (Å²) < 4.78 is 7.24. The quantitative estimate of drug-likeness (QED) is 0.842. The Balaban J connectivity index is 1.54. The average molecular weight is 346 g/mol. The molecule has 1 saturated heterocycles. The molecular weight excluding hydrogens is 326 g/mol. The van der Waals surface area contributed by atoms with Crippen molar-refractivity contribution >= 4 is 29.3 Å². The van der Waals surface area contributed by atoms with Crippen LogP contribution in [-0.4, -0.2) is 28.9 Å². The maximum absolute atomic E-state index is 12.0. The third-order valence-corrected chi connectivity index (χ3v) is 4.35. The molecule has 2 aromatic rings. The molecule has 24 heavy (non-hydrogen) atoms. The third kappa shape index (κ3) is 4.69. The summed E-state index contributed by atoms with van der Waals surface area (Å²) >= 11 is 6.06. The molecule has 1 fully saturated rings. The fourth-order valence-corrected chi connectivity index (χ4v) is 2.88. The first-order valence-electron chi connectivity index (χ1n) is 8.04. The van der Waals surface area contributed by atoms with Gasteiger partial charge in [0.25, 0.3) is 0 Å². The summed E-state index contributed by atoms with van der Waals surface area (Å²) in [5.41, 5.74) is 1.50. The first-order valence-corrected chi connectivity index (χ1v) is 8.42. The normalized spacial score (nSPS) is 15.7. The van der Waals surface area contributed by atoms with Gasteiger partial charge in [-0.1, -0.05) is 29.8 Å². The number of nitrogens with one attached hydrogen (secondary N) is 1. The van der Waals surface area contributed by atoms with E-state index in [4.69, 9.17) is 16.3 Å². The van der Waals surface area contributed by atoms with Gasteiger partial charge in [-0.2, -0.15) is 5.10 Å². The zero-order valence-electron chi connectivity index (χ0n) is 13.3. The lowest BCUT2D eigenvalue weighted by atomic mass is 10.0. The van der Waals surface area contributed by atoms with E-state index in [-0.39, 0.29) is 5.91 Å². The summed E-state index contributed by atoms with van der Waals surface area (Å²) in [4.78, 5) is 12.0. The van der Waals surface area contributed by atoms with Gasteiger partial charge in [0.2, 0.25) is 5.91 Å². The molecule has 0 atom stereocenters. The molecule has 0 saturated carbocycles. The molecule has 0 aliphatic carbocycles. The lowest BCUT2D eigenvalue weighted by Gasteiger charge is -2.21. The number of benzene rings is 1. The van der Waals surface area contributed by atoms with Gasteiger partial charge in [0.15, 0.2) is 0 Å². The van der Waals surface area contributed by atoms with Crippen LogP contribution in [0.1, 0.15) is 18.4 Å². The Bertz CT molecular complexity index is 721. The van der Waals surface area contributed by atoms with E-state index in [1.54, 1.807) is 18.3 Å². The van der Waals surface area contributed by atoms with Crippen LogP contribution in [0.2, 0.25) is 5.02 Å². The number of anilines is 1. The Morgan fingerprint density at radius 3 is 2.96 bits per heavy atom. The summed E-state index contributed by atoms with van der Waals surface area (Å²) in [6.07, 6.45) is 8.81. The second kappa shape index (κ2) is 8.13. The van der Waals surface area contributed by atoms with Crippen molar-refractivity contribution in [3.05, 3.63) is 53.3 Å². The van der Waals surface area contributed by atoms with Gasteiger partial charge < -0.3 is 10.1 Å². The molecule has 6 heteroatoms. The van der Waals surface area contributed by atoms with Crippen molar-refractivity contribution in [3.8, 4) is 0 Å². The zero-order chi connectivity index (χ0) is 16.8. The van der Waals surface area contributed by atoms with Crippen LogP contribution in [0.5, 0.6) is 0 Å². The summed E-state index contributed by atoms with van der Waals surface area (Å²) in [6, 6.07) is 7.38. The number of carbonyl (C=O) groups is 1. The molecule has 1 aromatic carbocycles. The maximum atomic E-state index is 12.0. The van der Waals surface area contributed by atoms with Crippen LogP contribution in [0.25, 0.3) is 6.08 Å². The highest BCUT2D eigenvalue weighted by molar-refractivity contribution is 6.32. The van der Waals surface area contributed by atoms with E-state index >= 15 is 0 Å². The van der Waals surface area contributed by atoms with Crippen LogP contribution in [0.15, 0.2) is 42.7 Å². The van der Waals surface area contributed by atoms with Gasteiger partial charge in [0, 0.05) is 37.1 Å². The van der Waals surface area contributed by atoms with Gasteiger partial charge >= 0.3 is 0 Å². The number of rotatable bonds is 5. The minimum Gasteiger partial charge on any atom is -0.381 e. The van der Waals surface area contributed by atoms with Gasteiger partial charge in [-0.15, -0.1) is 0 Å². The second-order valence-electron chi connectivity index (χ2n) is 5.85. The van der Waals surface area contributed by atoms with Gasteiger partial charge in [-0.05, 0) is 36.5 Å². The van der Waals surface area contributed by atoms with E-state index in [1.807, 2.05) is 29.1 Å². The predicted octanol–water partition coefficient (Wildman–Crippen LogP) is 3.62. The number of carbonyl (C=O) groups excluding carboxylic acids is 1. The fraction of sp³-hybridized carbons (Fsp3) is 0.333. The lowest BCUT2D eigenvalue weighted by molar-refractivity contribution is -0.111. The highest BCUT2D eigenvalue weighted by Gasteiger charge is 2.14. The Hall–Kier alpha value is -2.11. The first kappa shape index (κ1) is 16.7. The monoisotopic (exact) mass is 345 g/mol. The molecular formula is C18H20ClN3O2. The molecule has 126 valence electrons. The van der Waals surface area contributed by atoms with E-state index in [2.05, 4.69) is 10.4 Å². The summed E-state index contributed by atoms with van der Waals surface area (Å²) in [5, 5.41) is 7.74. The topological polar surface area (TPSA) is 56.2 Å². The van der Waals surface area contributed by atoms with Crippen LogP contribution in [-0.2, 0) is 16.1 Å². The SMILES string of the molecule is O=C(/C=C/c1ccccc1Cl)Nc1cnn(CC2CCOCC2)c1. The number of halogens is 1. The molecule has 1 N–H and O–H groups in total. The molecule has 1 aliphatic heterocycles. The van der Waals surface area contributed by atoms with Crippen molar-refractivity contribution in [3.63, 3.8) is 0 Å². The number of nitrogens with zero attached hydrogens (tertiary/aromatic N) is 2. The smallest absolute Gasteiger partial charge is 0.248 e. The molecule has 0 radical (unpaired) electrons. The number of amides is 1. The molecule has 1 amide bonds. The number of hydrogen-bond donors (Lipinski definition) is 1. The zero-order valence-corrected chi connectivity index (χ0v) is 14.1. The molecule has 1 aromatic heterocycles. The Kier molecular flexibility index (Phi) is 5.67. The Morgan fingerprint density at radius 2 is 2.17 bits per heavy atom. The number of hydrogen-bond acceptors (Lipinski definition) is 3. The molecule has 3 rings (SSSR count). The number of ether oxygens (including phenoxy) is 1. The molecule has 2 heterocycles. The van der Waals surface area contributed by atoms with Crippen molar-refractivity contribution in [1.82, 2.24) is 9.78 Å². The van der Waals surface area contributed by atoms with E-state index in [9.17, 15) is 4.79 Å². The van der Waals surface area contributed by atoms with Crippen LogP contribution < -0.4 is 5.32 Å². The van der Waals surface area contributed by atoms with Crippen LogP contribution in [0, 0.1) is 5.92 Å².